The molecule has 1 N–H and O–H groups in total. The van der Waals surface area contributed by atoms with Crippen molar-refractivity contribution in [2.45, 2.75) is 43.9 Å². The van der Waals surface area contributed by atoms with Gasteiger partial charge in [0.25, 0.3) is 0 Å². The minimum Gasteiger partial charge on any atom is -0.300 e. The Morgan fingerprint density at radius 1 is 0.492 bits per heavy atom. The Kier molecular flexibility index (Phi) is 8.53. The minimum atomic E-state index is -0.500. The van der Waals surface area contributed by atoms with Gasteiger partial charge in [0.1, 0.15) is 0 Å². The molecule has 2 unspecified atom stereocenters. The number of rotatable bonds is 6. The van der Waals surface area contributed by atoms with Crippen molar-refractivity contribution >= 4 is 27.6 Å². The fraction of sp³-hybridized carbons (Fsp3) is 0.113. The van der Waals surface area contributed by atoms with E-state index in [9.17, 15) is 0 Å². The van der Waals surface area contributed by atoms with Gasteiger partial charge >= 0.3 is 0 Å². The Bertz CT molecular complexity index is 3350. The van der Waals surface area contributed by atoms with Crippen molar-refractivity contribution in [2.75, 3.05) is 0 Å². The summed E-state index contributed by atoms with van der Waals surface area (Å²) < 4.78 is 0. The van der Waals surface area contributed by atoms with Gasteiger partial charge in [-0.15, -0.1) is 0 Å². The van der Waals surface area contributed by atoms with Gasteiger partial charge in [0.15, 0.2) is 0 Å². The highest BCUT2D eigenvalue weighted by molar-refractivity contribution is 6.12. The molecule has 2 atom stereocenters. The van der Waals surface area contributed by atoms with Crippen LogP contribution in [0.15, 0.2) is 217 Å². The molecular weight excluding hydrogens is 759 g/mol. The summed E-state index contributed by atoms with van der Waals surface area (Å²) in [7, 11) is 0. The van der Waals surface area contributed by atoms with Gasteiger partial charge < -0.3 is 0 Å². The number of allylic oxidation sites excluding steroid dienone is 8. The van der Waals surface area contributed by atoms with Crippen LogP contribution in [0, 0.1) is 5.41 Å². The highest BCUT2D eigenvalue weighted by Crippen LogP contribution is 2.68. The van der Waals surface area contributed by atoms with Crippen LogP contribution in [-0.2, 0) is 10.8 Å². The summed E-state index contributed by atoms with van der Waals surface area (Å²) in [6.07, 6.45) is 12.8. The molecular formula is C62H47N. The monoisotopic (exact) mass is 805 g/mol. The molecule has 1 heteroatoms. The molecule has 0 aliphatic heterocycles. The van der Waals surface area contributed by atoms with E-state index in [4.69, 9.17) is 5.41 Å². The molecule has 0 fully saturated rings. The third kappa shape index (κ3) is 5.08. The number of fused-ring (bicyclic) bond motifs is 14. The van der Waals surface area contributed by atoms with Gasteiger partial charge in [-0.25, -0.2) is 0 Å². The van der Waals surface area contributed by atoms with Gasteiger partial charge in [-0.1, -0.05) is 201 Å². The van der Waals surface area contributed by atoms with E-state index >= 15 is 0 Å². The molecule has 4 aliphatic carbocycles. The van der Waals surface area contributed by atoms with E-state index in [0.717, 1.165) is 36.0 Å². The molecule has 0 saturated heterocycles. The second-order valence-electron chi connectivity index (χ2n) is 17.5. The van der Waals surface area contributed by atoms with Crippen LogP contribution in [0.1, 0.15) is 88.7 Å². The van der Waals surface area contributed by atoms with Crippen molar-refractivity contribution < 1.29 is 0 Å². The molecule has 8 aromatic carbocycles. The lowest BCUT2D eigenvalue weighted by atomic mass is 9.51. The lowest BCUT2D eigenvalue weighted by Crippen LogP contribution is -2.44. The highest BCUT2D eigenvalue weighted by atomic mass is 14.6. The molecule has 8 aromatic rings. The van der Waals surface area contributed by atoms with E-state index in [0.29, 0.717) is 5.71 Å². The first-order valence-corrected chi connectivity index (χ1v) is 22.6. The molecule has 0 bridgehead atoms. The van der Waals surface area contributed by atoms with E-state index in [1.165, 1.54) is 94.3 Å². The topological polar surface area (TPSA) is 23.9 Å². The third-order valence-corrected chi connectivity index (χ3v) is 14.6. The van der Waals surface area contributed by atoms with Crippen LogP contribution in [0.2, 0.25) is 0 Å². The molecule has 0 amide bonds. The van der Waals surface area contributed by atoms with Crippen molar-refractivity contribution in [1.29, 1.82) is 5.41 Å². The summed E-state index contributed by atoms with van der Waals surface area (Å²) >= 11 is 0. The van der Waals surface area contributed by atoms with Crippen molar-refractivity contribution in [3.63, 3.8) is 0 Å². The summed E-state index contributed by atoms with van der Waals surface area (Å²) in [6, 6.07) is 67.5. The summed E-state index contributed by atoms with van der Waals surface area (Å²) in [5.74, 6) is 0. The Balaban J connectivity index is 1.14. The third-order valence-electron chi connectivity index (χ3n) is 14.6. The Labute approximate surface area is 370 Å². The Morgan fingerprint density at radius 3 is 1.78 bits per heavy atom. The van der Waals surface area contributed by atoms with Crippen LogP contribution in [0.25, 0.3) is 44.2 Å². The van der Waals surface area contributed by atoms with Crippen LogP contribution in [0.4, 0.5) is 0 Å². The van der Waals surface area contributed by atoms with Gasteiger partial charge in [0.2, 0.25) is 0 Å². The fourth-order valence-electron chi connectivity index (χ4n) is 12.2. The molecule has 300 valence electrons. The maximum atomic E-state index is 9.08. The average Bonchev–Trinajstić information content (AvgIpc) is 3.80. The molecule has 0 heterocycles. The summed E-state index contributed by atoms with van der Waals surface area (Å²) in [4.78, 5) is 0. The Hall–Kier alpha value is -7.35. The maximum absolute atomic E-state index is 9.08. The quantitative estimate of drug-likeness (QED) is 0.162. The number of benzene rings is 8. The molecule has 2 spiro atoms. The van der Waals surface area contributed by atoms with Crippen molar-refractivity contribution in [3.8, 4) is 22.3 Å². The standard InChI is InChI=1S/C62H47N/c1-3-19-52-44(4-2)49-26-10-13-29-53(49)61(52)56-32-16-17-33-57(56)62(54-30-14-11-27-50(54)51-28-12-15-31-55(51)62)59-39-42(34-37-58(59)61)46-36-35-45(47-24-8-9-25-48(46)47)41-22-18-23-43(38-41)60(63)40-20-6-5-7-21-40/h3,5-11,13-14,16-39,63H,4,12,15H2,1-2H3/b19-3-,63-60?. The SMILES string of the molecule is C/C=C\C1=C(CC)c2ccccc2C12c1ccccc1C1(C3=CCCC=C3c3ccccc31)c1cc(-c3ccc(-c4cccc(C(=N)c5ccccc5)c4)c4ccccc34)ccc12. The summed E-state index contributed by atoms with van der Waals surface area (Å²) in [5, 5.41) is 11.5. The molecule has 63 heavy (non-hydrogen) atoms. The lowest BCUT2D eigenvalue weighted by molar-refractivity contribution is 0.627. The van der Waals surface area contributed by atoms with Crippen LogP contribution in [0.3, 0.4) is 0 Å². The molecule has 0 radical (unpaired) electrons. The van der Waals surface area contributed by atoms with E-state index in [1.807, 2.05) is 30.3 Å². The lowest BCUT2D eigenvalue weighted by Gasteiger charge is -2.49. The summed E-state index contributed by atoms with van der Waals surface area (Å²) in [5.41, 5.74) is 22.7. The smallest absolute Gasteiger partial charge is 0.0717 e. The second kappa shape index (κ2) is 14.4. The normalized spacial score (nSPS) is 19.1. The second-order valence-corrected chi connectivity index (χ2v) is 17.5. The maximum Gasteiger partial charge on any atom is 0.0717 e. The number of hydrogen-bond donors (Lipinski definition) is 1. The van der Waals surface area contributed by atoms with Crippen LogP contribution in [0.5, 0.6) is 0 Å². The van der Waals surface area contributed by atoms with Gasteiger partial charge in [-0.3, -0.25) is 5.41 Å². The largest absolute Gasteiger partial charge is 0.300 e. The molecule has 1 nitrogen and oxygen atoms in total. The van der Waals surface area contributed by atoms with E-state index in [2.05, 4.69) is 190 Å². The highest BCUT2D eigenvalue weighted by Gasteiger charge is 2.60. The molecule has 12 rings (SSSR count). The Morgan fingerprint density at radius 2 is 1.06 bits per heavy atom. The zero-order valence-corrected chi connectivity index (χ0v) is 35.8. The number of nitrogens with one attached hydrogen (secondary N) is 1. The van der Waals surface area contributed by atoms with Crippen molar-refractivity contribution in [1.82, 2.24) is 0 Å². The van der Waals surface area contributed by atoms with E-state index in [1.54, 1.807) is 0 Å². The van der Waals surface area contributed by atoms with Gasteiger partial charge in [-0.2, -0.15) is 0 Å². The minimum absolute atomic E-state index is 0.495. The first-order chi connectivity index (χ1) is 31.1. The van der Waals surface area contributed by atoms with Crippen LogP contribution < -0.4 is 0 Å². The van der Waals surface area contributed by atoms with E-state index < -0.39 is 10.8 Å². The summed E-state index contributed by atoms with van der Waals surface area (Å²) in [6.45, 7) is 4.50. The van der Waals surface area contributed by atoms with Crippen molar-refractivity contribution in [3.05, 3.63) is 273 Å². The van der Waals surface area contributed by atoms with Crippen LogP contribution in [-0.4, -0.2) is 5.71 Å². The van der Waals surface area contributed by atoms with E-state index in [-0.39, 0.29) is 0 Å². The zero-order valence-electron chi connectivity index (χ0n) is 35.8. The van der Waals surface area contributed by atoms with Gasteiger partial charge in [0.05, 0.1) is 16.5 Å². The fourth-order valence-corrected chi connectivity index (χ4v) is 12.2. The first-order valence-electron chi connectivity index (χ1n) is 22.6. The molecule has 0 saturated carbocycles. The van der Waals surface area contributed by atoms with Gasteiger partial charge in [-0.05, 0) is 144 Å². The predicted molar refractivity (Wildman–Crippen MR) is 264 cm³/mol. The van der Waals surface area contributed by atoms with Crippen molar-refractivity contribution in [2.24, 2.45) is 0 Å². The van der Waals surface area contributed by atoms with Gasteiger partial charge in [0, 0.05) is 5.56 Å². The molecule has 4 aliphatic rings. The molecule has 0 aromatic heterocycles. The average molecular weight is 806 g/mol. The van der Waals surface area contributed by atoms with Crippen LogP contribution >= 0.6 is 0 Å². The number of hydrogen-bond acceptors (Lipinski definition) is 1. The first kappa shape index (κ1) is 37.4. The predicted octanol–water partition coefficient (Wildman–Crippen LogP) is 15.4. The zero-order chi connectivity index (χ0) is 42.3.